The zero-order valence-electron chi connectivity index (χ0n) is 11.1. The fraction of sp³-hybridized carbons (Fsp3) is 0.357. The third kappa shape index (κ3) is 2.96. The number of anilines is 1. The lowest BCUT2D eigenvalue weighted by Gasteiger charge is -2.18. The van der Waals surface area contributed by atoms with Crippen molar-refractivity contribution in [2.75, 3.05) is 5.32 Å². The summed E-state index contributed by atoms with van der Waals surface area (Å²) in [5.74, 6) is -1.50. The molecule has 0 aliphatic carbocycles. The molecule has 0 fully saturated rings. The fourth-order valence-electron chi connectivity index (χ4n) is 2.10. The van der Waals surface area contributed by atoms with Crippen molar-refractivity contribution in [3.63, 3.8) is 0 Å². The maximum absolute atomic E-state index is 12.0. The summed E-state index contributed by atoms with van der Waals surface area (Å²) in [4.78, 5) is 34.2. The van der Waals surface area contributed by atoms with Gasteiger partial charge in [-0.1, -0.05) is 6.92 Å². The van der Waals surface area contributed by atoms with Gasteiger partial charge in [-0.3, -0.25) is 9.59 Å². The summed E-state index contributed by atoms with van der Waals surface area (Å²) >= 11 is 0. The molecule has 6 nitrogen and oxygen atoms in total. The van der Waals surface area contributed by atoms with Crippen LogP contribution in [0.1, 0.15) is 35.7 Å². The van der Waals surface area contributed by atoms with Crippen molar-refractivity contribution in [3.8, 4) is 0 Å². The number of fused-ring (bicyclic) bond motifs is 1. The van der Waals surface area contributed by atoms with Gasteiger partial charge in [-0.15, -0.1) is 0 Å². The van der Waals surface area contributed by atoms with E-state index in [0.717, 1.165) is 5.56 Å². The molecule has 0 bridgehead atoms. The Labute approximate surface area is 116 Å². The Bertz CT molecular complexity index is 568. The van der Waals surface area contributed by atoms with Gasteiger partial charge in [-0.05, 0) is 36.6 Å². The standard InChI is InChI=1S/C14H16N2O4/c1-2-10(14(19)20)16-13(18)9-3-5-11-8(7-9)4-6-12(17)15-11/h3,5,7,10H,2,4,6H2,1H3,(H,15,17)(H,16,18)(H,19,20)/t10-/m0/s1. The molecule has 1 aromatic rings. The molecule has 1 atom stereocenters. The number of nitrogens with one attached hydrogen (secondary N) is 2. The van der Waals surface area contributed by atoms with E-state index >= 15 is 0 Å². The molecule has 1 aliphatic heterocycles. The summed E-state index contributed by atoms with van der Waals surface area (Å²) in [6.45, 7) is 1.70. The minimum atomic E-state index is -1.05. The number of aliphatic carboxylic acids is 1. The van der Waals surface area contributed by atoms with Crippen molar-refractivity contribution in [1.82, 2.24) is 5.32 Å². The van der Waals surface area contributed by atoms with E-state index in [9.17, 15) is 14.4 Å². The topological polar surface area (TPSA) is 95.5 Å². The Balaban J connectivity index is 2.15. The van der Waals surface area contributed by atoms with Gasteiger partial charge in [0.1, 0.15) is 6.04 Å². The predicted octanol–water partition coefficient (Wildman–Crippen LogP) is 1.16. The highest BCUT2D eigenvalue weighted by Crippen LogP contribution is 2.23. The Morgan fingerprint density at radius 1 is 1.40 bits per heavy atom. The van der Waals surface area contributed by atoms with E-state index in [1.54, 1.807) is 25.1 Å². The Morgan fingerprint density at radius 2 is 2.15 bits per heavy atom. The second-order valence-corrected chi connectivity index (χ2v) is 4.69. The summed E-state index contributed by atoms with van der Waals surface area (Å²) in [6, 6.07) is 4.05. The Morgan fingerprint density at radius 3 is 2.80 bits per heavy atom. The van der Waals surface area contributed by atoms with Crippen LogP contribution in [0.4, 0.5) is 5.69 Å². The summed E-state index contributed by atoms with van der Waals surface area (Å²) in [5, 5.41) is 14.1. The van der Waals surface area contributed by atoms with Crippen molar-refractivity contribution >= 4 is 23.5 Å². The van der Waals surface area contributed by atoms with Gasteiger partial charge < -0.3 is 15.7 Å². The minimum Gasteiger partial charge on any atom is -0.480 e. The summed E-state index contributed by atoms with van der Waals surface area (Å²) in [6.07, 6.45) is 1.30. The number of carbonyl (C=O) groups is 3. The Hall–Kier alpha value is -2.37. The highest BCUT2D eigenvalue weighted by molar-refractivity contribution is 5.99. The molecule has 1 aliphatic rings. The SMILES string of the molecule is CC[C@H](NC(=O)c1ccc2c(c1)CCC(=O)N2)C(=O)O. The fourth-order valence-corrected chi connectivity index (χ4v) is 2.10. The van der Waals surface area contributed by atoms with Gasteiger partial charge in [0.25, 0.3) is 5.91 Å². The molecule has 0 aromatic heterocycles. The number of benzene rings is 1. The number of carboxylic acid groups (broad SMARTS) is 1. The van der Waals surface area contributed by atoms with Crippen molar-refractivity contribution < 1.29 is 19.5 Å². The molecule has 6 heteroatoms. The van der Waals surface area contributed by atoms with Crippen LogP contribution in [0.15, 0.2) is 18.2 Å². The van der Waals surface area contributed by atoms with E-state index in [1.807, 2.05) is 0 Å². The van der Waals surface area contributed by atoms with Gasteiger partial charge in [0, 0.05) is 17.7 Å². The average molecular weight is 276 g/mol. The highest BCUT2D eigenvalue weighted by Gasteiger charge is 2.20. The maximum atomic E-state index is 12.0. The number of rotatable bonds is 4. The van der Waals surface area contributed by atoms with Crippen molar-refractivity contribution in [2.24, 2.45) is 0 Å². The smallest absolute Gasteiger partial charge is 0.326 e. The van der Waals surface area contributed by atoms with Crippen LogP contribution in [-0.4, -0.2) is 28.9 Å². The van der Waals surface area contributed by atoms with E-state index in [0.29, 0.717) is 30.5 Å². The zero-order chi connectivity index (χ0) is 14.7. The quantitative estimate of drug-likeness (QED) is 0.769. The van der Waals surface area contributed by atoms with Crippen LogP contribution in [0.3, 0.4) is 0 Å². The number of aryl methyl sites for hydroxylation is 1. The number of hydrogen-bond donors (Lipinski definition) is 3. The van der Waals surface area contributed by atoms with Gasteiger partial charge in [0.15, 0.2) is 0 Å². The van der Waals surface area contributed by atoms with Crippen LogP contribution in [0.5, 0.6) is 0 Å². The van der Waals surface area contributed by atoms with Crippen LogP contribution in [-0.2, 0) is 16.0 Å². The van der Waals surface area contributed by atoms with E-state index in [-0.39, 0.29) is 5.91 Å². The van der Waals surface area contributed by atoms with Gasteiger partial charge in [-0.2, -0.15) is 0 Å². The summed E-state index contributed by atoms with van der Waals surface area (Å²) in [5.41, 5.74) is 2.00. The van der Waals surface area contributed by atoms with Crippen molar-refractivity contribution in [1.29, 1.82) is 0 Å². The van der Waals surface area contributed by atoms with Crippen LogP contribution in [0, 0.1) is 0 Å². The number of carbonyl (C=O) groups excluding carboxylic acids is 2. The molecule has 1 heterocycles. The first-order valence-corrected chi connectivity index (χ1v) is 6.47. The normalized spacial score (nSPS) is 14.9. The van der Waals surface area contributed by atoms with Gasteiger partial charge in [0.2, 0.25) is 5.91 Å². The molecule has 2 amide bonds. The molecule has 0 saturated heterocycles. The molecular weight excluding hydrogens is 260 g/mol. The van der Waals surface area contributed by atoms with E-state index in [2.05, 4.69) is 10.6 Å². The summed E-state index contributed by atoms with van der Waals surface area (Å²) in [7, 11) is 0. The molecule has 2 rings (SSSR count). The lowest BCUT2D eigenvalue weighted by atomic mass is 10.00. The number of amides is 2. The van der Waals surface area contributed by atoms with Gasteiger partial charge >= 0.3 is 5.97 Å². The average Bonchev–Trinajstić information content (AvgIpc) is 2.43. The second kappa shape index (κ2) is 5.73. The van der Waals surface area contributed by atoms with Gasteiger partial charge in [0.05, 0.1) is 0 Å². The van der Waals surface area contributed by atoms with Crippen LogP contribution in [0.25, 0.3) is 0 Å². The first-order valence-electron chi connectivity index (χ1n) is 6.47. The molecular formula is C14H16N2O4. The van der Waals surface area contributed by atoms with E-state index in [4.69, 9.17) is 5.11 Å². The predicted molar refractivity (Wildman–Crippen MR) is 72.6 cm³/mol. The van der Waals surface area contributed by atoms with Crippen molar-refractivity contribution in [2.45, 2.75) is 32.2 Å². The lowest BCUT2D eigenvalue weighted by Crippen LogP contribution is -2.40. The molecule has 0 spiro atoms. The van der Waals surface area contributed by atoms with Crippen molar-refractivity contribution in [3.05, 3.63) is 29.3 Å². The third-order valence-corrected chi connectivity index (χ3v) is 3.27. The van der Waals surface area contributed by atoms with Crippen LogP contribution < -0.4 is 10.6 Å². The molecule has 0 unspecified atom stereocenters. The molecule has 0 radical (unpaired) electrons. The minimum absolute atomic E-state index is 0.0355. The summed E-state index contributed by atoms with van der Waals surface area (Å²) < 4.78 is 0. The maximum Gasteiger partial charge on any atom is 0.326 e. The molecule has 3 N–H and O–H groups in total. The monoisotopic (exact) mass is 276 g/mol. The zero-order valence-corrected chi connectivity index (χ0v) is 11.1. The van der Waals surface area contributed by atoms with Gasteiger partial charge in [-0.25, -0.2) is 4.79 Å². The molecule has 20 heavy (non-hydrogen) atoms. The number of carboxylic acids is 1. The van der Waals surface area contributed by atoms with E-state index < -0.39 is 17.9 Å². The largest absolute Gasteiger partial charge is 0.480 e. The van der Waals surface area contributed by atoms with Crippen LogP contribution in [0.2, 0.25) is 0 Å². The molecule has 1 aromatic carbocycles. The highest BCUT2D eigenvalue weighted by atomic mass is 16.4. The Kier molecular flexibility index (Phi) is 4.02. The number of hydrogen-bond acceptors (Lipinski definition) is 3. The van der Waals surface area contributed by atoms with Crippen LogP contribution >= 0.6 is 0 Å². The molecule has 106 valence electrons. The lowest BCUT2D eigenvalue weighted by molar-refractivity contribution is -0.139. The first-order chi connectivity index (χ1) is 9.51. The van der Waals surface area contributed by atoms with E-state index in [1.165, 1.54) is 0 Å². The first kappa shape index (κ1) is 14.0. The molecule has 0 saturated carbocycles. The second-order valence-electron chi connectivity index (χ2n) is 4.69. The third-order valence-electron chi connectivity index (χ3n) is 3.27.